The molecule has 2 rings (SSSR count). The van der Waals surface area contributed by atoms with Crippen LogP contribution in [0.25, 0.3) is 0 Å². The zero-order chi connectivity index (χ0) is 11.5. The Balaban J connectivity index is 2.20. The molecule has 1 aliphatic heterocycles. The molecule has 0 aromatic rings. The molecule has 0 fully saturated rings. The van der Waals surface area contributed by atoms with Gasteiger partial charge in [0.05, 0.1) is 6.10 Å². The van der Waals surface area contributed by atoms with E-state index in [-0.39, 0.29) is 0 Å². The molecule has 0 saturated carbocycles. The van der Waals surface area contributed by atoms with Crippen LogP contribution in [-0.4, -0.2) is 11.9 Å². The average Bonchev–Trinajstić information content (AvgIpc) is 2.28. The lowest BCUT2D eigenvalue weighted by Crippen LogP contribution is -2.31. The highest BCUT2D eigenvalue weighted by Gasteiger charge is 2.34. The van der Waals surface area contributed by atoms with Crippen LogP contribution >= 0.6 is 0 Å². The highest BCUT2D eigenvalue weighted by Crippen LogP contribution is 2.38. The molecule has 0 bridgehead atoms. The van der Waals surface area contributed by atoms with Gasteiger partial charge < -0.3 is 4.74 Å². The quantitative estimate of drug-likeness (QED) is 0.729. The molecule has 2 nitrogen and oxygen atoms in total. The van der Waals surface area contributed by atoms with Crippen molar-refractivity contribution in [3.05, 3.63) is 11.3 Å². The number of carbonyl (C=O) groups excluding carboxylic acids is 1. The number of rotatable bonds is 3. The molecule has 0 spiro atoms. The van der Waals surface area contributed by atoms with Crippen molar-refractivity contribution in [2.24, 2.45) is 5.92 Å². The van der Waals surface area contributed by atoms with E-state index in [4.69, 9.17) is 4.74 Å². The molecule has 0 amide bonds. The summed E-state index contributed by atoms with van der Waals surface area (Å²) in [6.07, 6.45) is 7.48. The lowest BCUT2D eigenvalue weighted by molar-refractivity contribution is -0.118. The smallest absolute Gasteiger partial charge is 0.162 e. The van der Waals surface area contributed by atoms with Gasteiger partial charge >= 0.3 is 0 Å². The highest BCUT2D eigenvalue weighted by molar-refractivity contribution is 5.97. The van der Waals surface area contributed by atoms with Crippen LogP contribution in [0, 0.1) is 5.92 Å². The van der Waals surface area contributed by atoms with E-state index >= 15 is 0 Å². The molecular formula is C14H22O2. The van der Waals surface area contributed by atoms with Gasteiger partial charge in [-0.1, -0.05) is 20.3 Å². The van der Waals surface area contributed by atoms with Crippen LogP contribution in [0.2, 0.25) is 0 Å². The first-order valence-electron chi connectivity index (χ1n) is 6.69. The Morgan fingerprint density at radius 3 is 2.81 bits per heavy atom. The van der Waals surface area contributed by atoms with Gasteiger partial charge in [0.1, 0.15) is 5.76 Å². The lowest BCUT2D eigenvalue weighted by Gasteiger charge is -2.35. The second-order valence-electron chi connectivity index (χ2n) is 4.98. The van der Waals surface area contributed by atoms with Crippen molar-refractivity contribution in [1.29, 1.82) is 0 Å². The summed E-state index contributed by atoms with van der Waals surface area (Å²) >= 11 is 0. The van der Waals surface area contributed by atoms with Crippen LogP contribution in [0.1, 0.15) is 58.8 Å². The fraction of sp³-hybridized carbons (Fsp3) is 0.786. The monoisotopic (exact) mass is 222 g/mol. The van der Waals surface area contributed by atoms with E-state index in [2.05, 4.69) is 13.8 Å². The van der Waals surface area contributed by atoms with Crippen LogP contribution in [0.3, 0.4) is 0 Å². The number of ether oxygens (including phenoxy) is 1. The molecule has 1 aliphatic carbocycles. The maximum Gasteiger partial charge on any atom is 0.162 e. The van der Waals surface area contributed by atoms with Crippen molar-refractivity contribution in [1.82, 2.24) is 0 Å². The minimum atomic E-state index is 0.350. The lowest BCUT2D eigenvalue weighted by atomic mass is 9.80. The predicted octanol–water partition coefficient (Wildman–Crippen LogP) is 3.61. The van der Waals surface area contributed by atoms with Crippen molar-refractivity contribution < 1.29 is 9.53 Å². The average molecular weight is 222 g/mol. The van der Waals surface area contributed by atoms with Gasteiger partial charge in [0.25, 0.3) is 0 Å². The SMILES string of the molecule is CCCC1C[C@H](CC)C2=C(CCCC2=O)O1. The first kappa shape index (κ1) is 11.7. The van der Waals surface area contributed by atoms with E-state index in [9.17, 15) is 4.79 Å². The third kappa shape index (κ3) is 2.16. The van der Waals surface area contributed by atoms with E-state index in [1.807, 2.05) is 0 Å². The molecule has 16 heavy (non-hydrogen) atoms. The van der Waals surface area contributed by atoms with Crippen molar-refractivity contribution in [2.75, 3.05) is 0 Å². The Morgan fingerprint density at radius 1 is 1.31 bits per heavy atom. The topological polar surface area (TPSA) is 26.3 Å². The summed E-state index contributed by atoms with van der Waals surface area (Å²) in [7, 11) is 0. The Bertz CT molecular complexity index is 304. The number of carbonyl (C=O) groups is 1. The van der Waals surface area contributed by atoms with Crippen molar-refractivity contribution >= 4 is 5.78 Å². The summed E-state index contributed by atoms with van der Waals surface area (Å²) in [6, 6.07) is 0. The van der Waals surface area contributed by atoms with E-state index in [1.54, 1.807) is 0 Å². The third-order valence-corrected chi connectivity index (χ3v) is 3.78. The molecule has 90 valence electrons. The van der Waals surface area contributed by atoms with E-state index in [0.29, 0.717) is 17.8 Å². The minimum absolute atomic E-state index is 0.350. The summed E-state index contributed by atoms with van der Waals surface area (Å²) in [5, 5.41) is 0. The number of allylic oxidation sites excluding steroid dienone is 2. The number of hydrogen-bond donors (Lipinski definition) is 0. The molecule has 0 saturated heterocycles. The Labute approximate surface area is 98.1 Å². The molecule has 2 atom stereocenters. The largest absolute Gasteiger partial charge is 0.494 e. The molecule has 2 heteroatoms. The number of Topliss-reactive ketones (excluding diaryl/α,β-unsaturated/α-hetero) is 1. The normalized spacial score (nSPS) is 30.0. The first-order valence-corrected chi connectivity index (χ1v) is 6.69. The van der Waals surface area contributed by atoms with Crippen molar-refractivity contribution in [2.45, 2.75) is 64.9 Å². The third-order valence-electron chi connectivity index (χ3n) is 3.78. The van der Waals surface area contributed by atoms with Crippen LogP contribution in [0.15, 0.2) is 11.3 Å². The Morgan fingerprint density at radius 2 is 2.12 bits per heavy atom. The van der Waals surface area contributed by atoms with E-state index in [0.717, 1.165) is 56.3 Å². The van der Waals surface area contributed by atoms with Crippen molar-refractivity contribution in [3.63, 3.8) is 0 Å². The maximum atomic E-state index is 11.9. The molecule has 1 heterocycles. The fourth-order valence-electron chi connectivity index (χ4n) is 2.97. The van der Waals surface area contributed by atoms with Gasteiger partial charge in [-0.25, -0.2) is 0 Å². The van der Waals surface area contributed by atoms with E-state index < -0.39 is 0 Å². The molecule has 2 aliphatic rings. The Kier molecular flexibility index (Phi) is 3.67. The zero-order valence-electron chi connectivity index (χ0n) is 10.4. The molecule has 0 aromatic heterocycles. The van der Waals surface area contributed by atoms with Gasteiger partial charge in [0.2, 0.25) is 0 Å². The minimum Gasteiger partial charge on any atom is -0.494 e. The van der Waals surface area contributed by atoms with Crippen molar-refractivity contribution in [3.8, 4) is 0 Å². The Hall–Kier alpha value is -0.790. The summed E-state index contributed by atoms with van der Waals surface area (Å²) < 4.78 is 5.99. The summed E-state index contributed by atoms with van der Waals surface area (Å²) in [4.78, 5) is 11.9. The second kappa shape index (κ2) is 5.03. The van der Waals surface area contributed by atoms with Crippen LogP contribution in [-0.2, 0) is 9.53 Å². The summed E-state index contributed by atoms with van der Waals surface area (Å²) in [5.41, 5.74) is 1.04. The molecule has 1 unspecified atom stereocenters. The van der Waals surface area contributed by atoms with Crippen LogP contribution in [0.4, 0.5) is 0 Å². The predicted molar refractivity (Wildman–Crippen MR) is 64.1 cm³/mol. The molecule has 0 radical (unpaired) electrons. The van der Waals surface area contributed by atoms with Crippen LogP contribution in [0.5, 0.6) is 0 Å². The highest BCUT2D eigenvalue weighted by atomic mass is 16.5. The van der Waals surface area contributed by atoms with E-state index in [1.165, 1.54) is 0 Å². The van der Waals surface area contributed by atoms with Gasteiger partial charge in [0, 0.05) is 18.4 Å². The van der Waals surface area contributed by atoms with Gasteiger partial charge in [-0.3, -0.25) is 4.79 Å². The van der Waals surface area contributed by atoms with Gasteiger partial charge in [-0.2, -0.15) is 0 Å². The van der Waals surface area contributed by atoms with Gasteiger partial charge in [-0.05, 0) is 31.6 Å². The maximum absolute atomic E-state index is 11.9. The summed E-state index contributed by atoms with van der Waals surface area (Å²) in [6.45, 7) is 4.38. The molecule has 0 aromatic carbocycles. The summed E-state index contributed by atoms with van der Waals surface area (Å²) in [5.74, 6) is 1.85. The standard InChI is InChI=1S/C14H22O2/c1-3-6-11-9-10(4-2)14-12(15)7-5-8-13(14)16-11/h10-11H,3-9H2,1-2H3/t10-,11?/m0/s1. The molecular weight excluding hydrogens is 200 g/mol. The fourth-order valence-corrected chi connectivity index (χ4v) is 2.97. The molecule has 0 N–H and O–H groups in total. The second-order valence-corrected chi connectivity index (χ2v) is 4.98. The van der Waals surface area contributed by atoms with Gasteiger partial charge in [-0.15, -0.1) is 0 Å². The van der Waals surface area contributed by atoms with Crippen LogP contribution < -0.4 is 0 Å². The first-order chi connectivity index (χ1) is 7.76. The van der Waals surface area contributed by atoms with Gasteiger partial charge in [0.15, 0.2) is 5.78 Å². The number of hydrogen-bond acceptors (Lipinski definition) is 2. The number of ketones is 1. The zero-order valence-corrected chi connectivity index (χ0v) is 10.4.